The van der Waals surface area contributed by atoms with Crippen LogP contribution in [0.25, 0.3) is 0 Å². The Balaban J connectivity index is 1.49. The van der Waals surface area contributed by atoms with Crippen molar-refractivity contribution in [1.82, 2.24) is 0 Å². The van der Waals surface area contributed by atoms with E-state index < -0.39 is 5.60 Å². The molecule has 0 saturated carbocycles. The van der Waals surface area contributed by atoms with Crippen LogP contribution >= 0.6 is 0 Å². The fourth-order valence-corrected chi connectivity index (χ4v) is 2.83. The van der Waals surface area contributed by atoms with Gasteiger partial charge in [-0.1, -0.05) is 42.5 Å². The summed E-state index contributed by atoms with van der Waals surface area (Å²) in [7, 11) is 0. The van der Waals surface area contributed by atoms with Crippen LogP contribution in [0.2, 0.25) is 0 Å². The fourth-order valence-electron chi connectivity index (χ4n) is 2.83. The highest BCUT2D eigenvalue weighted by Crippen LogP contribution is 2.26. The molecule has 2 amide bonds. The van der Waals surface area contributed by atoms with Crippen molar-refractivity contribution in [2.75, 3.05) is 11.7 Å². The summed E-state index contributed by atoms with van der Waals surface area (Å²) in [6.07, 6.45) is 2.27. The minimum Gasteiger partial charge on any atom is -0.345 e. The zero-order valence-electron chi connectivity index (χ0n) is 16.1. The number of nitrogens with zero attached hydrogens (tertiary/aromatic N) is 1. The van der Waals surface area contributed by atoms with E-state index in [4.69, 9.17) is 14.5 Å². The summed E-state index contributed by atoms with van der Waals surface area (Å²) in [5.74, 6) is -0.678. The molecule has 3 rings (SSSR count). The second-order valence-corrected chi connectivity index (χ2v) is 6.94. The van der Waals surface area contributed by atoms with E-state index in [1.807, 2.05) is 63.2 Å². The molecule has 0 N–H and O–H groups in total. The molecule has 28 heavy (non-hydrogen) atoms. The highest BCUT2D eigenvalue weighted by Gasteiger charge is 2.25. The molecular formula is C22H23NO5. The number of imide groups is 1. The van der Waals surface area contributed by atoms with Gasteiger partial charge in [-0.25, -0.2) is 14.7 Å². The smallest absolute Gasteiger partial charge is 0.258 e. The van der Waals surface area contributed by atoms with E-state index in [0.717, 1.165) is 16.0 Å². The Morgan fingerprint density at radius 3 is 2.14 bits per heavy atom. The van der Waals surface area contributed by atoms with Crippen LogP contribution in [0.5, 0.6) is 0 Å². The highest BCUT2D eigenvalue weighted by molar-refractivity contribution is 6.28. The van der Waals surface area contributed by atoms with Crippen LogP contribution in [0.4, 0.5) is 5.69 Å². The molecule has 1 aliphatic heterocycles. The summed E-state index contributed by atoms with van der Waals surface area (Å²) in [6, 6.07) is 16.8. The average molecular weight is 381 g/mol. The minimum absolute atomic E-state index is 0.0355. The second kappa shape index (κ2) is 8.48. The Morgan fingerprint density at radius 2 is 1.54 bits per heavy atom. The highest BCUT2D eigenvalue weighted by atomic mass is 17.2. The van der Waals surface area contributed by atoms with Crippen molar-refractivity contribution in [2.45, 2.75) is 32.5 Å². The molecule has 0 spiro atoms. The lowest BCUT2D eigenvalue weighted by molar-refractivity contribution is -0.393. The van der Waals surface area contributed by atoms with Crippen LogP contribution in [0.3, 0.4) is 0 Å². The van der Waals surface area contributed by atoms with Crippen molar-refractivity contribution in [1.29, 1.82) is 0 Å². The summed E-state index contributed by atoms with van der Waals surface area (Å²) in [6.45, 7) is 5.68. The third-order valence-electron chi connectivity index (χ3n) is 4.53. The van der Waals surface area contributed by atoms with Gasteiger partial charge in [0.05, 0.1) is 11.8 Å². The maximum atomic E-state index is 11.7. The van der Waals surface area contributed by atoms with Crippen molar-refractivity contribution in [3.63, 3.8) is 0 Å². The fraction of sp³-hybridized carbons (Fsp3) is 0.273. The van der Waals surface area contributed by atoms with Gasteiger partial charge in [0, 0.05) is 12.2 Å². The van der Waals surface area contributed by atoms with Gasteiger partial charge in [-0.05, 0) is 44.0 Å². The van der Waals surface area contributed by atoms with E-state index in [1.54, 1.807) is 12.1 Å². The third-order valence-corrected chi connectivity index (χ3v) is 4.53. The quantitative estimate of drug-likeness (QED) is 0.227. The van der Waals surface area contributed by atoms with Crippen LogP contribution in [-0.2, 0) is 29.7 Å². The molecule has 146 valence electrons. The molecular weight excluding hydrogens is 358 g/mol. The molecule has 6 heteroatoms. The van der Waals surface area contributed by atoms with E-state index >= 15 is 0 Å². The van der Waals surface area contributed by atoms with Gasteiger partial charge in [-0.3, -0.25) is 9.59 Å². The number of hydrogen-bond donors (Lipinski definition) is 0. The maximum absolute atomic E-state index is 11.7. The van der Waals surface area contributed by atoms with Crippen molar-refractivity contribution < 1.29 is 24.1 Å². The molecule has 0 fully saturated rings. The van der Waals surface area contributed by atoms with E-state index in [2.05, 4.69) is 0 Å². The Labute approximate surface area is 164 Å². The molecule has 2 aromatic rings. The number of amides is 2. The normalized spacial score (nSPS) is 15.3. The molecule has 0 radical (unpaired) electrons. The van der Waals surface area contributed by atoms with E-state index in [9.17, 15) is 9.59 Å². The Morgan fingerprint density at radius 1 is 0.929 bits per heavy atom. The average Bonchev–Trinajstić information content (AvgIpc) is 3.04. The van der Waals surface area contributed by atoms with Crippen molar-refractivity contribution in [3.8, 4) is 0 Å². The van der Waals surface area contributed by atoms with Crippen LogP contribution < -0.4 is 4.90 Å². The van der Waals surface area contributed by atoms with E-state index in [-0.39, 0.29) is 24.7 Å². The van der Waals surface area contributed by atoms with Crippen molar-refractivity contribution in [2.24, 2.45) is 0 Å². The van der Waals surface area contributed by atoms with Gasteiger partial charge in [-0.2, -0.15) is 0 Å². The third kappa shape index (κ3) is 4.54. The van der Waals surface area contributed by atoms with Gasteiger partial charge in [0.15, 0.2) is 6.79 Å². The predicted molar refractivity (Wildman–Crippen MR) is 104 cm³/mol. The second-order valence-electron chi connectivity index (χ2n) is 6.94. The van der Waals surface area contributed by atoms with Crippen molar-refractivity contribution in [3.05, 3.63) is 77.9 Å². The van der Waals surface area contributed by atoms with Crippen LogP contribution in [0, 0.1) is 0 Å². The van der Waals surface area contributed by atoms with Crippen molar-refractivity contribution >= 4 is 17.5 Å². The maximum Gasteiger partial charge on any atom is 0.258 e. The number of anilines is 1. The summed E-state index contributed by atoms with van der Waals surface area (Å²) in [5, 5.41) is 0. The summed E-state index contributed by atoms with van der Waals surface area (Å²) in [5.41, 5.74) is 1.82. The first-order valence-electron chi connectivity index (χ1n) is 9.02. The van der Waals surface area contributed by atoms with Gasteiger partial charge in [-0.15, -0.1) is 0 Å². The summed E-state index contributed by atoms with van der Waals surface area (Å²) < 4.78 is 5.66. The lowest BCUT2D eigenvalue weighted by atomic mass is 9.99. The SMILES string of the molecule is CC(OCOOC(C)(C)c1ccccc1)c1ccc(N2C(=O)C=CC2=O)cc1. The molecule has 6 nitrogen and oxygen atoms in total. The Bertz CT molecular complexity index is 840. The first kappa shape index (κ1) is 19.9. The monoisotopic (exact) mass is 381 g/mol. The standard InChI is InChI=1S/C22H23NO5/c1-16(26-15-27-28-22(2,3)18-7-5-4-6-8-18)17-9-11-19(12-10-17)23-20(24)13-14-21(23)25/h4-14,16H,15H2,1-3H3. The van der Waals surface area contributed by atoms with Gasteiger partial charge in [0.1, 0.15) is 5.60 Å². The lowest BCUT2D eigenvalue weighted by Crippen LogP contribution is -2.29. The number of benzene rings is 2. The molecule has 1 aliphatic rings. The minimum atomic E-state index is -0.599. The van der Waals surface area contributed by atoms with E-state index in [1.165, 1.54) is 12.2 Å². The molecule has 0 bridgehead atoms. The molecule has 1 unspecified atom stereocenters. The molecule has 2 aromatic carbocycles. The first-order valence-corrected chi connectivity index (χ1v) is 9.02. The molecule has 1 heterocycles. The Kier molecular flexibility index (Phi) is 6.04. The largest absolute Gasteiger partial charge is 0.345 e. The number of carbonyl (C=O) groups is 2. The molecule has 1 atom stereocenters. The van der Waals surface area contributed by atoms with Crippen LogP contribution in [0.1, 0.15) is 38.0 Å². The Hall–Kier alpha value is -2.80. The summed E-state index contributed by atoms with van der Waals surface area (Å²) in [4.78, 5) is 35.3. The molecule has 0 aliphatic carbocycles. The zero-order valence-corrected chi connectivity index (χ0v) is 16.1. The van der Waals surface area contributed by atoms with Gasteiger partial charge in [0.2, 0.25) is 0 Å². The number of carbonyl (C=O) groups excluding carboxylic acids is 2. The molecule has 0 saturated heterocycles. The van der Waals surface area contributed by atoms with Crippen LogP contribution in [0.15, 0.2) is 66.7 Å². The molecule has 0 aromatic heterocycles. The lowest BCUT2D eigenvalue weighted by Gasteiger charge is -2.24. The van der Waals surface area contributed by atoms with Gasteiger partial charge < -0.3 is 4.74 Å². The predicted octanol–water partition coefficient (Wildman–Crippen LogP) is 4.03. The zero-order chi connectivity index (χ0) is 20.1. The number of hydrogen-bond acceptors (Lipinski definition) is 5. The van der Waals surface area contributed by atoms with Gasteiger partial charge in [0.25, 0.3) is 11.8 Å². The number of rotatable bonds is 8. The van der Waals surface area contributed by atoms with E-state index in [0.29, 0.717) is 5.69 Å². The first-order chi connectivity index (χ1) is 13.4. The number of ether oxygens (including phenoxy) is 1. The summed E-state index contributed by atoms with van der Waals surface area (Å²) >= 11 is 0. The van der Waals surface area contributed by atoms with Gasteiger partial charge >= 0.3 is 0 Å². The topological polar surface area (TPSA) is 65.1 Å². The van der Waals surface area contributed by atoms with Crippen LogP contribution in [-0.4, -0.2) is 18.6 Å².